The van der Waals surface area contributed by atoms with E-state index in [9.17, 15) is 28.8 Å². The fourth-order valence-electron chi connectivity index (χ4n) is 4.39. The molecule has 1 aromatic carbocycles. The average Bonchev–Trinajstić information content (AvgIpc) is 2.98. The molecule has 284 valence electrons. The summed E-state index contributed by atoms with van der Waals surface area (Å²) in [6.07, 6.45) is -0.107. The summed E-state index contributed by atoms with van der Waals surface area (Å²) in [6.45, 7) is 15.9. The topological polar surface area (TPSA) is 218 Å². The number of benzene rings is 1. The predicted molar refractivity (Wildman–Crippen MR) is 187 cm³/mol. The van der Waals surface area contributed by atoms with E-state index in [0.717, 1.165) is 0 Å². The van der Waals surface area contributed by atoms with Gasteiger partial charge in [0.05, 0.1) is 5.39 Å². The summed E-state index contributed by atoms with van der Waals surface area (Å²) < 4.78 is 15.8. The lowest BCUT2D eigenvalue weighted by Crippen LogP contribution is -2.49. The zero-order valence-electron chi connectivity index (χ0n) is 31.0. The minimum Gasteiger partial charge on any atom is -0.444 e. The van der Waals surface area contributed by atoms with Crippen LogP contribution in [0.2, 0.25) is 0 Å². The maximum absolute atomic E-state index is 13.1. The van der Waals surface area contributed by atoms with Gasteiger partial charge in [0.2, 0.25) is 5.91 Å². The van der Waals surface area contributed by atoms with Crippen molar-refractivity contribution >= 4 is 41.1 Å². The lowest BCUT2D eigenvalue weighted by Gasteiger charge is -2.24. The van der Waals surface area contributed by atoms with Crippen LogP contribution in [-0.2, 0) is 23.8 Å². The largest absolute Gasteiger partial charge is 0.444 e. The van der Waals surface area contributed by atoms with E-state index >= 15 is 0 Å². The molecule has 0 aliphatic rings. The number of amides is 4. The molecule has 0 fully saturated rings. The van der Waals surface area contributed by atoms with Crippen LogP contribution in [0.25, 0.3) is 10.9 Å². The van der Waals surface area contributed by atoms with Crippen LogP contribution < -0.4 is 31.7 Å². The van der Waals surface area contributed by atoms with Gasteiger partial charge in [-0.25, -0.2) is 19.2 Å². The molecule has 0 saturated heterocycles. The maximum atomic E-state index is 13.1. The minimum absolute atomic E-state index is 0.0634. The first-order valence-electron chi connectivity index (χ1n) is 16.9. The Labute approximate surface area is 297 Å². The van der Waals surface area contributed by atoms with Gasteiger partial charge < -0.3 is 40.3 Å². The summed E-state index contributed by atoms with van der Waals surface area (Å²) in [5.74, 6) is -1.42. The monoisotopic (exact) mass is 719 g/mol. The van der Waals surface area contributed by atoms with Crippen molar-refractivity contribution in [2.45, 2.75) is 130 Å². The molecule has 2 atom stereocenters. The van der Waals surface area contributed by atoms with Crippen LogP contribution in [0.3, 0.4) is 0 Å². The molecule has 17 heteroatoms. The second kappa shape index (κ2) is 18.9. The van der Waals surface area contributed by atoms with Gasteiger partial charge in [-0.15, -0.1) is 5.10 Å². The maximum Gasteiger partial charge on any atom is 0.408 e. The molecule has 0 spiro atoms. The van der Waals surface area contributed by atoms with Crippen LogP contribution in [0.1, 0.15) is 101 Å². The van der Waals surface area contributed by atoms with Crippen molar-refractivity contribution in [2.24, 2.45) is 0 Å². The van der Waals surface area contributed by atoms with E-state index < -0.39 is 64.6 Å². The minimum atomic E-state index is -1.23. The molecule has 4 amide bonds. The van der Waals surface area contributed by atoms with Crippen molar-refractivity contribution in [1.82, 2.24) is 36.4 Å². The second-order valence-corrected chi connectivity index (χ2v) is 14.8. The van der Waals surface area contributed by atoms with Gasteiger partial charge in [-0.3, -0.25) is 9.59 Å². The molecule has 0 radical (unpaired) electrons. The first-order valence-corrected chi connectivity index (χ1v) is 16.9. The fraction of sp³-hybridized carbons (Fsp3) is 0.647. The number of unbranched alkanes of at least 4 members (excludes halogenated alkanes) is 2. The molecule has 4 N–H and O–H groups in total. The number of ether oxygens (including phenoxy) is 3. The van der Waals surface area contributed by atoms with Crippen LogP contribution in [-0.4, -0.2) is 87.3 Å². The number of hydrogen-bond acceptors (Lipinski definition) is 12. The van der Waals surface area contributed by atoms with E-state index in [2.05, 4.69) is 31.6 Å². The summed E-state index contributed by atoms with van der Waals surface area (Å²) in [6, 6.07) is 4.27. The Hall–Kier alpha value is -4.96. The number of carbonyl (C=O) groups excluding carboxylic acids is 5. The molecule has 0 aliphatic heterocycles. The number of nitrogens with zero attached hydrogens (tertiary/aromatic N) is 3. The van der Waals surface area contributed by atoms with E-state index in [0.29, 0.717) is 42.6 Å². The Bertz CT molecular complexity index is 1560. The van der Waals surface area contributed by atoms with Gasteiger partial charge in [-0.05, 0) is 123 Å². The zero-order chi connectivity index (χ0) is 38.4. The smallest absolute Gasteiger partial charge is 0.408 e. The number of carbonyl (C=O) groups is 5. The summed E-state index contributed by atoms with van der Waals surface area (Å²) in [4.78, 5) is 81.6. The predicted octanol–water partition coefficient (Wildman–Crippen LogP) is 3.51. The molecule has 2 rings (SSSR count). The highest BCUT2D eigenvalue weighted by Crippen LogP contribution is 2.11. The van der Waals surface area contributed by atoms with E-state index in [1.807, 2.05) is 0 Å². The highest BCUT2D eigenvalue weighted by atomic mass is 16.7. The molecule has 1 heterocycles. The summed E-state index contributed by atoms with van der Waals surface area (Å²) in [5.41, 5.74) is -2.64. The Morgan fingerprint density at radius 1 is 0.686 bits per heavy atom. The van der Waals surface area contributed by atoms with Crippen molar-refractivity contribution in [3.05, 3.63) is 34.6 Å². The molecule has 2 aromatic rings. The van der Waals surface area contributed by atoms with Crippen molar-refractivity contribution in [1.29, 1.82) is 0 Å². The standard InChI is InChI=1S/C34H53N7O10/c1-32(2,3)48-29(45)36-21-15-12-18-24(37-30(46)49-33(4,5)6)26(42)35-20-14-13-19-25(38-31(47)50-34(7,8)9)28(44)51-41-27(43)22-16-10-11-17-23(22)39-40-41/h10-11,16-17,24-25H,12-15,18-21H2,1-9H3,(H,35,42)(H,36,45)(H,37,46)(H,38,47). The van der Waals surface area contributed by atoms with Crippen molar-refractivity contribution in [3.63, 3.8) is 0 Å². The van der Waals surface area contributed by atoms with Crippen LogP contribution in [0.5, 0.6) is 0 Å². The first kappa shape index (κ1) is 42.2. The highest BCUT2D eigenvalue weighted by molar-refractivity contribution is 5.85. The average molecular weight is 720 g/mol. The molecule has 1 aromatic heterocycles. The molecule has 0 bridgehead atoms. The summed E-state index contributed by atoms with van der Waals surface area (Å²) in [7, 11) is 0. The van der Waals surface area contributed by atoms with Gasteiger partial charge in [-0.2, -0.15) is 0 Å². The number of alkyl carbamates (subject to hydrolysis) is 3. The van der Waals surface area contributed by atoms with E-state index in [1.54, 1.807) is 80.5 Å². The Morgan fingerprint density at radius 3 is 1.75 bits per heavy atom. The van der Waals surface area contributed by atoms with Crippen LogP contribution in [0, 0.1) is 0 Å². The van der Waals surface area contributed by atoms with Crippen LogP contribution in [0.15, 0.2) is 29.1 Å². The first-order chi connectivity index (χ1) is 23.6. The van der Waals surface area contributed by atoms with E-state index in [-0.39, 0.29) is 24.8 Å². The number of rotatable bonds is 15. The Kier molecular flexibility index (Phi) is 15.6. The van der Waals surface area contributed by atoms with Gasteiger partial charge in [0.25, 0.3) is 0 Å². The summed E-state index contributed by atoms with van der Waals surface area (Å²) in [5, 5.41) is 18.3. The fourth-order valence-corrected chi connectivity index (χ4v) is 4.39. The molecular weight excluding hydrogens is 666 g/mol. The Morgan fingerprint density at radius 2 is 1.18 bits per heavy atom. The molecule has 17 nitrogen and oxygen atoms in total. The lowest BCUT2D eigenvalue weighted by atomic mass is 10.1. The lowest BCUT2D eigenvalue weighted by molar-refractivity contribution is -0.149. The van der Waals surface area contributed by atoms with Gasteiger partial charge in [0.15, 0.2) is 0 Å². The normalized spacial score (nSPS) is 13.0. The molecule has 2 unspecified atom stereocenters. The SMILES string of the molecule is CC(C)(C)OC(=O)NCCCCC(NC(=O)OC(C)(C)C)C(=O)NCCCCC(NC(=O)OC(C)(C)C)C(=O)On1nnc2ccccc2c1=O. The quantitative estimate of drug-likeness (QED) is 0.118. The van der Waals surface area contributed by atoms with Gasteiger partial charge in [0.1, 0.15) is 34.4 Å². The van der Waals surface area contributed by atoms with E-state index in [1.165, 1.54) is 6.07 Å². The molecule has 0 saturated carbocycles. The van der Waals surface area contributed by atoms with Gasteiger partial charge in [-0.1, -0.05) is 12.1 Å². The molecule has 51 heavy (non-hydrogen) atoms. The van der Waals surface area contributed by atoms with E-state index in [4.69, 9.17) is 19.0 Å². The van der Waals surface area contributed by atoms with Crippen molar-refractivity contribution in [3.8, 4) is 0 Å². The third-order valence-electron chi connectivity index (χ3n) is 6.51. The van der Waals surface area contributed by atoms with Crippen molar-refractivity contribution in [2.75, 3.05) is 13.1 Å². The van der Waals surface area contributed by atoms with Crippen LogP contribution in [0.4, 0.5) is 14.4 Å². The number of hydrogen-bond donors (Lipinski definition) is 4. The van der Waals surface area contributed by atoms with Crippen molar-refractivity contribution < 1.29 is 43.0 Å². The van der Waals surface area contributed by atoms with Gasteiger partial charge in [0, 0.05) is 13.1 Å². The van der Waals surface area contributed by atoms with Gasteiger partial charge >= 0.3 is 29.8 Å². The third kappa shape index (κ3) is 17.0. The third-order valence-corrected chi connectivity index (χ3v) is 6.51. The molecule has 0 aliphatic carbocycles. The highest BCUT2D eigenvalue weighted by Gasteiger charge is 2.28. The second-order valence-electron chi connectivity index (χ2n) is 14.8. The van der Waals surface area contributed by atoms with Crippen LogP contribution >= 0.6 is 0 Å². The number of aromatic nitrogens is 3. The zero-order valence-corrected chi connectivity index (χ0v) is 31.0. The number of nitrogens with one attached hydrogen (secondary N) is 4. The Balaban J connectivity index is 1.99. The number of fused-ring (bicyclic) bond motifs is 1. The summed E-state index contributed by atoms with van der Waals surface area (Å²) >= 11 is 0. The molecular formula is C34H53N7O10.